The van der Waals surface area contributed by atoms with Gasteiger partial charge < -0.3 is 19.3 Å². The van der Waals surface area contributed by atoms with Gasteiger partial charge in [0.1, 0.15) is 17.0 Å². The minimum absolute atomic E-state index is 0.00479. The van der Waals surface area contributed by atoms with Crippen LogP contribution in [0, 0.1) is 10.1 Å². The number of carboxylic acids is 1. The van der Waals surface area contributed by atoms with Crippen molar-refractivity contribution in [1.82, 2.24) is 9.97 Å². The third-order valence-electron chi connectivity index (χ3n) is 4.87. The number of carboxylic acid groups (broad SMARTS) is 1. The number of nitrogens with zero attached hydrogens (tertiary/aromatic N) is 3. The summed E-state index contributed by atoms with van der Waals surface area (Å²) in [5.74, 6) is -1.80. The van der Waals surface area contributed by atoms with E-state index in [-0.39, 0.29) is 22.3 Å². The first-order chi connectivity index (χ1) is 15.8. The number of fused-ring (bicyclic) bond motifs is 2. The van der Waals surface area contributed by atoms with Crippen LogP contribution in [0.25, 0.3) is 21.8 Å². The molecule has 0 spiro atoms. The highest BCUT2D eigenvalue weighted by Gasteiger charge is 2.23. The molecule has 0 aliphatic carbocycles. The number of benzene rings is 2. The molecule has 0 bridgehead atoms. The molecule has 33 heavy (non-hydrogen) atoms. The number of hydrogen-bond donors (Lipinski definition) is 1. The Bertz CT molecular complexity index is 1450. The average Bonchev–Trinajstić information content (AvgIpc) is 2.81. The number of non-ortho nitro benzene ring substituents is 1. The fourth-order valence-corrected chi connectivity index (χ4v) is 3.42. The molecule has 166 valence electrons. The fourth-order valence-electron chi connectivity index (χ4n) is 3.42. The molecule has 0 aliphatic rings. The maximum atomic E-state index is 13.0. The Kier molecular flexibility index (Phi) is 5.44. The predicted molar refractivity (Wildman–Crippen MR) is 115 cm³/mol. The molecule has 2 aromatic heterocycles. The smallest absolute Gasteiger partial charge is 0.345 e. The van der Waals surface area contributed by atoms with E-state index in [0.717, 1.165) is 6.07 Å². The number of nitro benzene ring substituents is 1. The number of aromatic carboxylic acids is 1. The second-order valence-corrected chi connectivity index (χ2v) is 6.72. The van der Waals surface area contributed by atoms with Crippen LogP contribution in [-0.2, 0) is 0 Å². The molecule has 2 aromatic carbocycles. The highest BCUT2D eigenvalue weighted by molar-refractivity contribution is 6.08. The lowest BCUT2D eigenvalue weighted by Gasteiger charge is -2.11. The summed E-state index contributed by atoms with van der Waals surface area (Å²) in [6, 6.07) is 9.52. The van der Waals surface area contributed by atoms with E-state index in [1.807, 2.05) is 0 Å². The number of ether oxygens (including phenoxy) is 3. The van der Waals surface area contributed by atoms with Gasteiger partial charge in [0.05, 0.1) is 41.2 Å². The monoisotopic (exact) mass is 449 g/mol. The van der Waals surface area contributed by atoms with Gasteiger partial charge in [-0.25, -0.2) is 14.6 Å². The second kappa shape index (κ2) is 8.38. The van der Waals surface area contributed by atoms with E-state index in [4.69, 9.17) is 14.2 Å². The van der Waals surface area contributed by atoms with Crippen molar-refractivity contribution in [2.75, 3.05) is 14.2 Å². The molecule has 11 heteroatoms. The van der Waals surface area contributed by atoms with Gasteiger partial charge in [0, 0.05) is 29.8 Å². The van der Waals surface area contributed by atoms with Gasteiger partial charge in [-0.15, -0.1) is 0 Å². The van der Waals surface area contributed by atoms with Crippen molar-refractivity contribution in [1.29, 1.82) is 0 Å². The van der Waals surface area contributed by atoms with Crippen molar-refractivity contribution < 1.29 is 33.8 Å². The molecular weight excluding hydrogens is 434 g/mol. The van der Waals surface area contributed by atoms with E-state index in [0.29, 0.717) is 22.4 Å². The van der Waals surface area contributed by atoms with Crippen molar-refractivity contribution in [3.63, 3.8) is 0 Å². The number of rotatable bonds is 6. The molecule has 4 rings (SSSR count). The van der Waals surface area contributed by atoms with E-state index >= 15 is 0 Å². The number of nitro groups is 1. The summed E-state index contributed by atoms with van der Waals surface area (Å²) < 4.78 is 15.9. The Labute approximate surface area is 185 Å². The van der Waals surface area contributed by atoms with Gasteiger partial charge in [0.25, 0.3) is 5.69 Å². The predicted octanol–water partition coefficient (Wildman–Crippen LogP) is 3.63. The van der Waals surface area contributed by atoms with E-state index < -0.39 is 28.1 Å². The number of esters is 1. The van der Waals surface area contributed by atoms with Gasteiger partial charge in [-0.05, 0) is 18.2 Å². The molecule has 0 saturated heterocycles. The van der Waals surface area contributed by atoms with E-state index in [9.17, 15) is 24.8 Å². The maximum Gasteiger partial charge on any atom is 0.345 e. The Morgan fingerprint density at radius 1 is 1.06 bits per heavy atom. The van der Waals surface area contributed by atoms with Gasteiger partial charge in [-0.3, -0.25) is 15.1 Å². The first-order valence-electron chi connectivity index (χ1n) is 9.38. The second-order valence-electron chi connectivity index (χ2n) is 6.72. The Morgan fingerprint density at radius 2 is 1.85 bits per heavy atom. The number of pyridine rings is 2. The number of methoxy groups -OCH3 is 2. The van der Waals surface area contributed by atoms with Crippen molar-refractivity contribution >= 4 is 39.4 Å². The molecular formula is C22H15N3O8. The van der Waals surface area contributed by atoms with Crippen LogP contribution in [0.1, 0.15) is 20.7 Å². The summed E-state index contributed by atoms with van der Waals surface area (Å²) >= 11 is 0. The van der Waals surface area contributed by atoms with Crippen molar-refractivity contribution in [3.8, 4) is 17.4 Å². The Hall–Kier alpha value is -4.80. The van der Waals surface area contributed by atoms with Crippen molar-refractivity contribution in [2.45, 2.75) is 0 Å². The highest BCUT2D eigenvalue weighted by Crippen LogP contribution is 2.33. The molecule has 0 saturated carbocycles. The van der Waals surface area contributed by atoms with E-state index in [1.54, 1.807) is 12.1 Å². The largest absolute Gasteiger partial charge is 0.497 e. The quantitative estimate of drug-likeness (QED) is 0.262. The van der Waals surface area contributed by atoms with Gasteiger partial charge >= 0.3 is 11.9 Å². The van der Waals surface area contributed by atoms with Crippen LogP contribution < -0.4 is 14.2 Å². The number of carbonyl (C=O) groups excluding carboxylic acids is 1. The molecule has 0 atom stereocenters. The summed E-state index contributed by atoms with van der Waals surface area (Å²) in [6.07, 6.45) is 1.40. The molecule has 1 N–H and O–H groups in total. The van der Waals surface area contributed by atoms with E-state index in [1.165, 1.54) is 44.7 Å². The first kappa shape index (κ1) is 21.4. The minimum atomic E-state index is -1.43. The van der Waals surface area contributed by atoms with Crippen LogP contribution >= 0.6 is 0 Å². The molecule has 0 radical (unpaired) electrons. The van der Waals surface area contributed by atoms with Crippen molar-refractivity contribution in [2.24, 2.45) is 0 Å². The number of hydrogen-bond acceptors (Lipinski definition) is 9. The minimum Gasteiger partial charge on any atom is -0.497 e. The molecule has 0 unspecified atom stereocenters. The standard InChI is InChI=1S/C22H15N3O8/c1-31-11-8-13-12(6-7-23-20(13)17(9-11)32-2)22(28)33-18-10-14(21(26)27)19-15(24-18)4-3-5-16(19)25(29)30/h3-10H,1-2H3,(H,26,27). The average molecular weight is 449 g/mol. The Morgan fingerprint density at radius 3 is 2.52 bits per heavy atom. The molecule has 0 fully saturated rings. The SMILES string of the molecule is COc1cc(OC)c2nccc(C(=O)Oc3cc(C(=O)O)c4c([N+](=O)[O-])cccc4n3)c2c1. The zero-order chi connectivity index (χ0) is 23.7. The topological polar surface area (TPSA) is 151 Å². The molecule has 11 nitrogen and oxygen atoms in total. The summed E-state index contributed by atoms with van der Waals surface area (Å²) in [7, 11) is 2.91. The van der Waals surface area contributed by atoms with Crippen LogP contribution in [-0.4, -0.2) is 46.2 Å². The summed E-state index contributed by atoms with van der Waals surface area (Å²) in [6.45, 7) is 0. The molecule has 0 aliphatic heterocycles. The third kappa shape index (κ3) is 3.82. The zero-order valence-electron chi connectivity index (χ0n) is 17.3. The van der Waals surface area contributed by atoms with Crippen LogP contribution in [0.15, 0.2) is 48.7 Å². The van der Waals surface area contributed by atoms with Gasteiger partial charge in [0.2, 0.25) is 5.88 Å². The Balaban J connectivity index is 1.83. The van der Waals surface area contributed by atoms with Gasteiger partial charge in [0.15, 0.2) is 0 Å². The lowest BCUT2D eigenvalue weighted by molar-refractivity contribution is -0.383. The summed E-state index contributed by atoms with van der Waals surface area (Å²) in [4.78, 5) is 43.8. The fraction of sp³-hybridized carbons (Fsp3) is 0.0909. The maximum absolute atomic E-state index is 13.0. The van der Waals surface area contributed by atoms with Crippen LogP contribution in [0.4, 0.5) is 5.69 Å². The highest BCUT2D eigenvalue weighted by atomic mass is 16.6. The number of aromatic nitrogens is 2. The molecule has 4 aromatic rings. The van der Waals surface area contributed by atoms with Crippen molar-refractivity contribution in [3.05, 3.63) is 69.9 Å². The van der Waals surface area contributed by atoms with Crippen LogP contribution in [0.5, 0.6) is 17.4 Å². The van der Waals surface area contributed by atoms with E-state index in [2.05, 4.69) is 9.97 Å². The van der Waals surface area contributed by atoms with Gasteiger partial charge in [-0.2, -0.15) is 0 Å². The summed E-state index contributed by atoms with van der Waals surface area (Å²) in [5.41, 5.74) is -0.349. The number of carbonyl (C=O) groups is 2. The zero-order valence-corrected chi connectivity index (χ0v) is 17.3. The lowest BCUT2D eigenvalue weighted by atomic mass is 10.1. The van der Waals surface area contributed by atoms with Crippen LogP contribution in [0.2, 0.25) is 0 Å². The van der Waals surface area contributed by atoms with Crippen LogP contribution in [0.3, 0.4) is 0 Å². The summed E-state index contributed by atoms with van der Waals surface area (Å²) in [5, 5.41) is 21.1. The van der Waals surface area contributed by atoms with Gasteiger partial charge in [-0.1, -0.05) is 6.07 Å². The first-order valence-corrected chi connectivity index (χ1v) is 9.38. The lowest BCUT2D eigenvalue weighted by Crippen LogP contribution is -2.12. The molecule has 0 amide bonds. The third-order valence-corrected chi connectivity index (χ3v) is 4.87. The normalized spacial score (nSPS) is 10.7. The molecule has 2 heterocycles.